The van der Waals surface area contributed by atoms with Crippen LogP contribution in [0.15, 0.2) is 22.1 Å². The molecule has 0 atom stereocenters. The highest BCUT2D eigenvalue weighted by atomic mass is 16.1. The average molecular weight is 366 g/mol. The summed E-state index contributed by atoms with van der Waals surface area (Å²) < 4.78 is 0. The molecule has 0 amide bonds. The van der Waals surface area contributed by atoms with Crippen molar-refractivity contribution in [3.8, 4) is 0 Å². The van der Waals surface area contributed by atoms with Gasteiger partial charge in [-0.05, 0) is 20.8 Å². The van der Waals surface area contributed by atoms with E-state index in [0.29, 0.717) is 17.5 Å². The molecule has 140 valence electrons. The molecule has 9 heteroatoms. The molecule has 2 aromatic heterocycles. The Balaban J connectivity index is 1.50. The number of anilines is 3. The molecule has 0 aromatic carbocycles. The van der Waals surface area contributed by atoms with Gasteiger partial charge in [-0.2, -0.15) is 10.1 Å². The third-order valence-corrected chi connectivity index (χ3v) is 4.84. The van der Waals surface area contributed by atoms with Crippen molar-refractivity contribution >= 4 is 35.3 Å². The van der Waals surface area contributed by atoms with Gasteiger partial charge in [0.05, 0.1) is 5.71 Å². The number of rotatable bonds is 4. The second-order valence-electron chi connectivity index (χ2n) is 7.04. The number of nitrogens with zero attached hydrogens (tertiary/aromatic N) is 6. The summed E-state index contributed by atoms with van der Waals surface area (Å²) in [5.41, 5.74) is 2.56. The fraction of sp³-hybridized carbons (Fsp3) is 0.444. The molecule has 2 aliphatic heterocycles. The molecule has 0 radical (unpaired) electrons. The van der Waals surface area contributed by atoms with Gasteiger partial charge in [-0.15, -0.1) is 0 Å². The standard InChI is InChI=1S/C18H22N8O/c1-11-8-15(20-16-9-12(2)24-25-16)21-17(19-11)26-6-4-18(5-7-26)22-13(3)14(10-27)23-18/h8-10H,4-7H2,1-3H3,(H2,19,20,21,24,25). The average Bonchev–Trinajstić information content (AvgIpc) is 3.17. The van der Waals surface area contributed by atoms with Gasteiger partial charge in [0.2, 0.25) is 5.95 Å². The van der Waals surface area contributed by atoms with E-state index in [2.05, 4.69) is 40.4 Å². The fourth-order valence-electron chi connectivity index (χ4n) is 3.47. The summed E-state index contributed by atoms with van der Waals surface area (Å²) >= 11 is 0. The van der Waals surface area contributed by atoms with Crippen molar-refractivity contribution < 1.29 is 4.79 Å². The minimum Gasteiger partial charge on any atom is -0.340 e. The quantitative estimate of drug-likeness (QED) is 0.800. The van der Waals surface area contributed by atoms with Crippen LogP contribution in [-0.4, -0.2) is 56.6 Å². The molecule has 1 spiro atoms. The summed E-state index contributed by atoms with van der Waals surface area (Å²) in [6, 6.07) is 3.81. The molecule has 0 bridgehead atoms. The summed E-state index contributed by atoms with van der Waals surface area (Å²) in [7, 11) is 0. The van der Waals surface area contributed by atoms with E-state index in [9.17, 15) is 4.79 Å². The third-order valence-electron chi connectivity index (χ3n) is 4.84. The minimum absolute atomic E-state index is 0.469. The monoisotopic (exact) mass is 366 g/mol. The van der Waals surface area contributed by atoms with E-state index in [4.69, 9.17) is 0 Å². The van der Waals surface area contributed by atoms with E-state index in [1.165, 1.54) is 0 Å². The zero-order chi connectivity index (χ0) is 19.0. The summed E-state index contributed by atoms with van der Waals surface area (Å²) in [5, 5.41) is 10.3. The van der Waals surface area contributed by atoms with Crippen LogP contribution in [0.1, 0.15) is 31.2 Å². The number of aromatic nitrogens is 4. The first-order valence-corrected chi connectivity index (χ1v) is 8.98. The van der Waals surface area contributed by atoms with Crippen molar-refractivity contribution in [3.05, 3.63) is 23.5 Å². The van der Waals surface area contributed by atoms with E-state index in [1.807, 2.05) is 32.9 Å². The third kappa shape index (κ3) is 3.44. The van der Waals surface area contributed by atoms with Crippen molar-refractivity contribution in [1.82, 2.24) is 20.2 Å². The number of piperidine rings is 1. The molecule has 2 aliphatic rings. The molecule has 4 rings (SSSR count). The van der Waals surface area contributed by atoms with E-state index in [1.54, 1.807) is 0 Å². The Kier molecular flexibility index (Phi) is 4.21. The highest BCUT2D eigenvalue weighted by molar-refractivity contribution is 6.62. The first-order chi connectivity index (χ1) is 13.0. The SMILES string of the molecule is CC1=NC2(CCN(c3nc(C)cc(Nc4cc(C)[nH]n4)n3)CC2)N=C1C=O. The van der Waals surface area contributed by atoms with Crippen LogP contribution in [0.3, 0.4) is 0 Å². The summed E-state index contributed by atoms with van der Waals surface area (Å²) in [6.07, 6.45) is 2.26. The van der Waals surface area contributed by atoms with Gasteiger partial charge in [-0.1, -0.05) is 0 Å². The number of aldehydes is 1. The van der Waals surface area contributed by atoms with Crippen LogP contribution in [0.25, 0.3) is 0 Å². The lowest BCUT2D eigenvalue weighted by Gasteiger charge is -2.35. The Morgan fingerprint density at radius 2 is 1.89 bits per heavy atom. The minimum atomic E-state index is -0.492. The number of aryl methyl sites for hydroxylation is 2. The number of nitrogens with one attached hydrogen (secondary N) is 2. The smallest absolute Gasteiger partial charge is 0.227 e. The van der Waals surface area contributed by atoms with Gasteiger partial charge in [0.25, 0.3) is 0 Å². The molecule has 0 aliphatic carbocycles. The van der Waals surface area contributed by atoms with Crippen molar-refractivity contribution in [2.45, 2.75) is 39.3 Å². The van der Waals surface area contributed by atoms with Gasteiger partial charge in [-0.3, -0.25) is 19.9 Å². The van der Waals surface area contributed by atoms with Gasteiger partial charge < -0.3 is 10.2 Å². The second kappa shape index (κ2) is 6.57. The van der Waals surface area contributed by atoms with E-state index < -0.39 is 5.66 Å². The lowest BCUT2D eigenvalue weighted by molar-refractivity contribution is -0.102. The number of hydrogen-bond donors (Lipinski definition) is 2. The van der Waals surface area contributed by atoms with Crippen LogP contribution in [0.4, 0.5) is 17.6 Å². The van der Waals surface area contributed by atoms with Gasteiger partial charge in [-0.25, -0.2) is 4.98 Å². The van der Waals surface area contributed by atoms with Crippen molar-refractivity contribution in [2.24, 2.45) is 9.98 Å². The van der Waals surface area contributed by atoms with Crippen LogP contribution in [0.5, 0.6) is 0 Å². The van der Waals surface area contributed by atoms with Gasteiger partial charge in [0, 0.05) is 49.5 Å². The fourth-order valence-corrected chi connectivity index (χ4v) is 3.47. The maximum Gasteiger partial charge on any atom is 0.227 e. The summed E-state index contributed by atoms with van der Waals surface area (Å²) in [5.74, 6) is 2.11. The van der Waals surface area contributed by atoms with Crippen LogP contribution in [0.2, 0.25) is 0 Å². The highest BCUT2D eigenvalue weighted by Crippen LogP contribution is 2.33. The molecule has 0 saturated carbocycles. The Labute approximate surface area is 157 Å². The number of carbonyl (C=O) groups excluding carboxylic acids is 1. The molecule has 4 heterocycles. The van der Waals surface area contributed by atoms with E-state index >= 15 is 0 Å². The molecule has 2 N–H and O–H groups in total. The van der Waals surface area contributed by atoms with Gasteiger partial charge in [0.1, 0.15) is 11.5 Å². The molecule has 0 unspecified atom stereocenters. The molecular weight excluding hydrogens is 344 g/mol. The van der Waals surface area contributed by atoms with Crippen molar-refractivity contribution in [1.29, 1.82) is 0 Å². The van der Waals surface area contributed by atoms with Crippen LogP contribution in [-0.2, 0) is 4.79 Å². The summed E-state index contributed by atoms with van der Waals surface area (Å²) in [6.45, 7) is 7.20. The normalized spacial score (nSPS) is 18.4. The first kappa shape index (κ1) is 17.3. The summed E-state index contributed by atoms with van der Waals surface area (Å²) in [4.78, 5) is 31.7. The predicted octanol–water partition coefficient (Wildman–Crippen LogP) is 1.97. The number of carbonyl (C=O) groups is 1. The zero-order valence-corrected chi connectivity index (χ0v) is 15.7. The van der Waals surface area contributed by atoms with Crippen LogP contribution < -0.4 is 10.2 Å². The maximum atomic E-state index is 11.1. The number of aliphatic imine (C=N–C) groups is 2. The zero-order valence-electron chi connectivity index (χ0n) is 15.7. The number of H-pyrrole nitrogens is 1. The molecule has 27 heavy (non-hydrogen) atoms. The van der Waals surface area contributed by atoms with Crippen molar-refractivity contribution in [3.63, 3.8) is 0 Å². The molecular formula is C18H22N8O. The van der Waals surface area contributed by atoms with E-state index in [0.717, 1.165) is 55.1 Å². The Morgan fingerprint density at radius 1 is 1.11 bits per heavy atom. The molecule has 9 nitrogen and oxygen atoms in total. The van der Waals surface area contributed by atoms with Crippen LogP contribution >= 0.6 is 0 Å². The van der Waals surface area contributed by atoms with E-state index in [-0.39, 0.29) is 0 Å². The van der Waals surface area contributed by atoms with Crippen LogP contribution in [0, 0.1) is 13.8 Å². The molecule has 1 saturated heterocycles. The largest absolute Gasteiger partial charge is 0.340 e. The predicted molar refractivity (Wildman–Crippen MR) is 104 cm³/mol. The lowest BCUT2D eigenvalue weighted by Crippen LogP contribution is -2.42. The molecule has 2 aromatic rings. The Morgan fingerprint density at radius 3 is 2.52 bits per heavy atom. The maximum absolute atomic E-state index is 11.1. The number of aromatic amines is 1. The number of hydrogen-bond acceptors (Lipinski definition) is 8. The van der Waals surface area contributed by atoms with Gasteiger partial charge >= 0.3 is 0 Å². The highest BCUT2D eigenvalue weighted by Gasteiger charge is 2.38. The topological polar surface area (TPSA) is 112 Å². The van der Waals surface area contributed by atoms with Crippen molar-refractivity contribution in [2.75, 3.05) is 23.3 Å². The Bertz CT molecular complexity index is 937. The lowest BCUT2D eigenvalue weighted by atomic mass is 9.99. The molecule has 1 fully saturated rings. The second-order valence-corrected chi connectivity index (χ2v) is 7.04. The Hall–Kier alpha value is -3.10. The van der Waals surface area contributed by atoms with Gasteiger partial charge in [0.15, 0.2) is 17.8 Å². The first-order valence-electron chi connectivity index (χ1n) is 8.98.